The summed E-state index contributed by atoms with van der Waals surface area (Å²) in [6, 6.07) is 51.6. The number of hydrogen-bond donors (Lipinski definition) is 3. The van der Waals surface area contributed by atoms with E-state index >= 15 is 24.0 Å². The number of fused-ring (bicyclic) bond motifs is 8. The van der Waals surface area contributed by atoms with Crippen LogP contribution < -0.4 is 29.6 Å². The summed E-state index contributed by atoms with van der Waals surface area (Å²) in [5, 5.41) is 25.6. The third-order valence-corrected chi connectivity index (χ3v) is 27.1. The second-order valence-electron chi connectivity index (χ2n) is 37.8. The van der Waals surface area contributed by atoms with Crippen molar-refractivity contribution in [3.8, 4) is 46.0 Å². The molecule has 2 aliphatic carbocycles. The summed E-state index contributed by atoms with van der Waals surface area (Å²) < 4.78 is 57.3. The van der Waals surface area contributed by atoms with Gasteiger partial charge in [0.25, 0.3) is 17.7 Å². The Bertz CT molecular complexity index is 7250. The first-order chi connectivity index (χ1) is 63.3. The van der Waals surface area contributed by atoms with Crippen molar-refractivity contribution in [2.45, 2.75) is 215 Å². The SMILES string of the molecule is C=C(C)C(=O)NC1CCCC(OC(=O)C(c2ccc3c(c2)oc2ccccc23)N2C(=O)c3cc(Oc4ccc(C(C)C)cc4C)c4c5c(Oc6ccc(C(C)C)cc6C)cc6c7c(cc(Oc8ccc(C(C)C)cc8C)c(c8c(Oc9ccc(C(C)C)cc9C)cc(c3c48)C2=O)c75)C(O)N(C(C(=O)OC2CCCC(NC(=O)C(=C)C)C2)c2ccc3c(c2)oc2ccccc23)C6=O)C1. The van der Waals surface area contributed by atoms with Gasteiger partial charge in [0, 0.05) is 106 Å². The number of nitrogens with zero attached hydrogens (tertiary/aromatic N) is 2. The maximum atomic E-state index is 17.5. The third kappa shape index (κ3) is 15.5. The Labute approximate surface area is 765 Å². The zero-order chi connectivity index (χ0) is 92.6. The normalized spacial score (nSPS) is 17.4. The number of amides is 5. The van der Waals surface area contributed by atoms with Gasteiger partial charge in [-0.25, -0.2) is 9.59 Å². The van der Waals surface area contributed by atoms with Gasteiger partial charge in [-0.05, 0) is 232 Å². The molecule has 2 saturated carbocycles. The van der Waals surface area contributed by atoms with E-state index in [1.165, 1.54) is 0 Å². The second-order valence-corrected chi connectivity index (χ2v) is 37.8. The molecule has 7 atom stereocenters. The third-order valence-electron chi connectivity index (χ3n) is 27.1. The minimum atomic E-state index is -2.02. The molecule has 2 aliphatic heterocycles. The molecule has 2 aromatic heterocycles. The Balaban J connectivity index is 0.924. The molecule has 15 aromatic rings. The molecule has 670 valence electrons. The van der Waals surface area contributed by atoms with Gasteiger partial charge in [0.2, 0.25) is 11.8 Å². The number of benzene rings is 13. The molecule has 132 heavy (non-hydrogen) atoms. The number of aliphatic hydroxyl groups is 1. The van der Waals surface area contributed by atoms with Crippen LogP contribution in [0.2, 0.25) is 0 Å². The lowest BCUT2D eigenvalue weighted by atomic mass is 9.80. The van der Waals surface area contributed by atoms with Crippen molar-refractivity contribution in [2.75, 3.05) is 0 Å². The lowest BCUT2D eigenvalue weighted by molar-refractivity contribution is -0.161. The Morgan fingerprint density at radius 2 is 0.720 bits per heavy atom. The summed E-state index contributed by atoms with van der Waals surface area (Å²) in [6.07, 6.45) is 0.146. The molecular weight excluding hydrogens is 1660 g/mol. The van der Waals surface area contributed by atoms with Crippen LogP contribution in [-0.4, -0.2) is 80.7 Å². The molecule has 20 heteroatoms. The van der Waals surface area contributed by atoms with E-state index in [4.69, 9.17) is 37.3 Å². The molecule has 0 radical (unpaired) electrons. The van der Waals surface area contributed by atoms with Crippen molar-refractivity contribution in [1.82, 2.24) is 20.4 Å². The maximum Gasteiger partial charge on any atom is 0.334 e. The average molecular weight is 1760 g/mol. The van der Waals surface area contributed by atoms with Gasteiger partial charge in [-0.2, -0.15) is 0 Å². The fraction of sp³-hybridized carbons (Fsp3) is 0.295. The Morgan fingerprint density at radius 1 is 0.379 bits per heavy atom. The molecule has 2 fully saturated rings. The number of hydrogen-bond acceptors (Lipinski definition) is 16. The van der Waals surface area contributed by atoms with E-state index in [1.54, 1.807) is 62.4 Å². The summed E-state index contributed by atoms with van der Waals surface area (Å²) in [4.78, 5) is 114. The molecule has 7 unspecified atom stereocenters. The van der Waals surface area contributed by atoms with Crippen molar-refractivity contribution in [3.05, 3.63) is 284 Å². The van der Waals surface area contributed by atoms with Gasteiger partial charge >= 0.3 is 11.9 Å². The van der Waals surface area contributed by atoms with Crippen LogP contribution in [0, 0.1) is 27.7 Å². The van der Waals surface area contributed by atoms with Gasteiger partial charge in [-0.1, -0.05) is 178 Å². The smallest absolute Gasteiger partial charge is 0.334 e. The highest BCUT2D eigenvalue weighted by atomic mass is 16.6. The fourth-order valence-corrected chi connectivity index (χ4v) is 20.0. The lowest BCUT2D eigenvalue weighted by Crippen LogP contribution is -2.47. The largest absolute Gasteiger partial charge is 0.461 e. The van der Waals surface area contributed by atoms with Gasteiger partial charge in [0.05, 0.1) is 16.7 Å². The Hall–Kier alpha value is -14.1. The Morgan fingerprint density at radius 3 is 1.10 bits per heavy atom. The van der Waals surface area contributed by atoms with E-state index < -0.39 is 66.2 Å². The molecule has 20 nitrogen and oxygen atoms in total. The molecule has 0 spiro atoms. The summed E-state index contributed by atoms with van der Waals surface area (Å²) >= 11 is 0. The molecule has 4 aliphatic rings. The highest BCUT2D eigenvalue weighted by Gasteiger charge is 2.49. The minimum Gasteiger partial charge on any atom is -0.461 e. The number of para-hydroxylation sites is 2. The topological polar surface area (TPSA) is 252 Å². The first-order valence-corrected chi connectivity index (χ1v) is 45.9. The van der Waals surface area contributed by atoms with E-state index in [0.29, 0.717) is 95.0 Å². The van der Waals surface area contributed by atoms with Crippen LogP contribution in [0.1, 0.15) is 255 Å². The predicted molar refractivity (Wildman–Crippen MR) is 514 cm³/mol. The van der Waals surface area contributed by atoms with Crippen LogP contribution in [-0.2, 0) is 28.7 Å². The van der Waals surface area contributed by atoms with Crippen molar-refractivity contribution in [1.29, 1.82) is 0 Å². The van der Waals surface area contributed by atoms with Gasteiger partial charge in [0.1, 0.15) is 80.5 Å². The minimum absolute atomic E-state index is 0.0204. The van der Waals surface area contributed by atoms with E-state index in [0.717, 1.165) is 75.9 Å². The number of aryl methyl sites for hydroxylation is 4. The summed E-state index contributed by atoms with van der Waals surface area (Å²) in [7, 11) is 0. The number of carbonyl (C=O) groups excluding carboxylic acids is 7. The molecule has 13 aromatic carbocycles. The molecule has 0 saturated heterocycles. The van der Waals surface area contributed by atoms with Crippen molar-refractivity contribution in [3.63, 3.8) is 0 Å². The molecule has 5 amide bonds. The number of furan rings is 2. The van der Waals surface area contributed by atoms with Crippen LogP contribution >= 0.6 is 0 Å². The zero-order valence-corrected chi connectivity index (χ0v) is 76.7. The number of nitrogens with one attached hydrogen (secondary N) is 2. The van der Waals surface area contributed by atoms with Crippen LogP contribution in [0.4, 0.5) is 0 Å². The number of esters is 2. The molecule has 0 bridgehead atoms. The summed E-state index contributed by atoms with van der Waals surface area (Å²) in [6.45, 7) is 35.6. The monoisotopic (exact) mass is 1760 g/mol. The lowest BCUT2D eigenvalue weighted by Gasteiger charge is -2.40. The zero-order valence-electron chi connectivity index (χ0n) is 76.7. The highest BCUT2D eigenvalue weighted by Crippen LogP contribution is 2.61. The van der Waals surface area contributed by atoms with Crippen molar-refractivity contribution >= 4 is 128 Å². The number of imide groups is 1. The quantitative estimate of drug-likeness (QED) is 0.0167. The molecule has 3 N–H and O–H groups in total. The van der Waals surface area contributed by atoms with E-state index in [2.05, 4.69) is 91.3 Å². The number of aliphatic hydroxyl groups excluding tert-OH is 1. The van der Waals surface area contributed by atoms with Crippen molar-refractivity contribution in [2.24, 2.45) is 0 Å². The van der Waals surface area contributed by atoms with Crippen LogP contribution in [0.5, 0.6) is 46.0 Å². The molecular formula is C112H106N4O16. The Kier molecular flexibility index (Phi) is 22.7. The van der Waals surface area contributed by atoms with Crippen LogP contribution in [0.25, 0.3) is 87.0 Å². The maximum absolute atomic E-state index is 17.5. The standard InChI is InChI=1S/C112H106N4O16/c1-55(2)65-33-39-83(61(13)43-65)127-91-51-79-95-80(108(120)115(107(79)119)103(69-31-37-77-75-27-17-19-29-87(75)131-89(77)47-69)111(123)125-73-25-21-23-71(49-73)113-105(117)59(9)10)53-93(129-85-41-35-67(57(5)6)45-63(85)15)99-100-94(130-86-42-36-68(58(7)8)46-64(86)16)54-82-96-81(52-92(98(102(96)100)97(91)101(95)99)128-84-40-34-66(56(3)4)44-62(84)14)109(121)116(110(82)122)104(70-32-38-78-76-28-18-20-30-88(76)132-90(78)48-70)112(124)126-74-26-22-24-72(50-74)114-106(118)60(11)12/h17-20,27-48,51-58,71-74,103-104,107,119H,9,11,21-26,49-50H2,1-8,10,12-16H3,(H,113,117)(H,114,118). The predicted octanol–water partition coefficient (Wildman–Crippen LogP) is 26.1. The van der Waals surface area contributed by atoms with E-state index in [9.17, 15) is 14.7 Å². The van der Waals surface area contributed by atoms with Crippen LogP contribution in [0.15, 0.2) is 215 Å². The molecule has 4 heterocycles. The summed E-state index contributed by atoms with van der Waals surface area (Å²) in [5.74, 6) is -2.92. The first-order valence-electron chi connectivity index (χ1n) is 45.9. The average Bonchev–Trinajstić information content (AvgIpc) is 0.766. The van der Waals surface area contributed by atoms with Crippen molar-refractivity contribution < 1.29 is 75.9 Å². The van der Waals surface area contributed by atoms with Gasteiger partial charge in [-0.3, -0.25) is 33.8 Å². The number of ether oxygens (including phenoxy) is 6. The first kappa shape index (κ1) is 87.2. The number of rotatable bonds is 24. The summed E-state index contributed by atoms with van der Waals surface area (Å²) in [5.41, 5.74) is 9.93. The van der Waals surface area contributed by atoms with Gasteiger partial charge < -0.3 is 53.0 Å². The van der Waals surface area contributed by atoms with E-state index in [-0.39, 0.29) is 154 Å². The van der Waals surface area contributed by atoms with Crippen LogP contribution in [0.3, 0.4) is 0 Å². The van der Waals surface area contributed by atoms with Gasteiger partial charge in [0.15, 0.2) is 18.3 Å². The number of carbonyl (C=O) groups is 7. The van der Waals surface area contributed by atoms with E-state index in [1.807, 2.05) is 149 Å². The highest BCUT2D eigenvalue weighted by molar-refractivity contribution is 6.43. The second kappa shape index (κ2) is 34.3. The molecule has 19 rings (SSSR count). The van der Waals surface area contributed by atoms with Gasteiger partial charge in [-0.15, -0.1) is 0 Å². The fourth-order valence-electron chi connectivity index (χ4n) is 20.0.